The summed E-state index contributed by atoms with van der Waals surface area (Å²) < 4.78 is 28.6. The molecule has 10 heteroatoms. The van der Waals surface area contributed by atoms with Gasteiger partial charge in [-0.15, -0.1) is 0 Å². The van der Waals surface area contributed by atoms with Crippen molar-refractivity contribution in [3.05, 3.63) is 94.0 Å². The average Bonchev–Trinajstić information content (AvgIpc) is 2.91. The minimum absolute atomic E-state index is 0.00733. The summed E-state index contributed by atoms with van der Waals surface area (Å²) in [5.41, 5.74) is 2.01. The van der Waals surface area contributed by atoms with Crippen molar-refractivity contribution in [1.82, 2.24) is 10.2 Å². The molecule has 0 saturated heterocycles. The van der Waals surface area contributed by atoms with Gasteiger partial charge in [0.2, 0.25) is 11.8 Å². The number of hydrogen-bond donors (Lipinski definition) is 1. The van der Waals surface area contributed by atoms with Crippen LogP contribution in [0, 0.1) is 6.92 Å². The summed E-state index contributed by atoms with van der Waals surface area (Å²) in [7, 11) is -4.15. The SMILES string of the molecule is CC[C@@H](C)NC(=O)[C@@H](C)N(Cc1ccc(Cl)cc1)C(=O)CN(c1ccc(C)cc1)S(=O)(=O)c1ccc(Cl)cc1. The highest BCUT2D eigenvalue weighted by atomic mass is 35.5. The lowest BCUT2D eigenvalue weighted by atomic mass is 10.1. The summed E-state index contributed by atoms with van der Waals surface area (Å²) in [6, 6.07) is 18.6. The highest BCUT2D eigenvalue weighted by Gasteiger charge is 2.32. The van der Waals surface area contributed by atoms with Crippen molar-refractivity contribution in [3.63, 3.8) is 0 Å². The monoisotopic (exact) mass is 589 g/mol. The molecule has 1 N–H and O–H groups in total. The Labute approximate surface area is 240 Å². The lowest BCUT2D eigenvalue weighted by Gasteiger charge is -2.32. The minimum Gasteiger partial charge on any atom is -0.352 e. The van der Waals surface area contributed by atoms with Crippen LogP contribution in [0.5, 0.6) is 0 Å². The molecule has 0 aromatic heterocycles. The molecule has 0 spiro atoms. The summed E-state index contributed by atoms with van der Waals surface area (Å²) in [5.74, 6) is -0.857. The third-order valence-corrected chi connectivity index (χ3v) is 8.73. The zero-order valence-electron chi connectivity index (χ0n) is 22.4. The van der Waals surface area contributed by atoms with Crippen LogP contribution in [0.1, 0.15) is 38.3 Å². The summed E-state index contributed by atoms with van der Waals surface area (Å²) >= 11 is 12.0. The van der Waals surface area contributed by atoms with Gasteiger partial charge in [0.05, 0.1) is 10.6 Å². The van der Waals surface area contributed by atoms with Crippen LogP contribution in [-0.2, 0) is 26.2 Å². The van der Waals surface area contributed by atoms with Crippen LogP contribution in [0.25, 0.3) is 0 Å². The van der Waals surface area contributed by atoms with Crippen LogP contribution >= 0.6 is 23.2 Å². The van der Waals surface area contributed by atoms with Gasteiger partial charge < -0.3 is 10.2 Å². The van der Waals surface area contributed by atoms with Crippen LogP contribution in [-0.4, -0.2) is 43.8 Å². The molecule has 0 unspecified atom stereocenters. The number of benzene rings is 3. The van der Waals surface area contributed by atoms with Crippen LogP contribution in [0.2, 0.25) is 10.0 Å². The highest BCUT2D eigenvalue weighted by molar-refractivity contribution is 7.92. The van der Waals surface area contributed by atoms with Crippen molar-refractivity contribution < 1.29 is 18.0 Å². The third-order valence-electron chi connectivity index (χ3n) is 6.44. The van der Waals surface area contributed by atoms with Crippen molar-refractivity contribution >= 4 is 50.7 Å². The maximum atomic E-state index is 13.9. The van der Waals surface area contributed by atoms with Crippen molar-refractivity contribution in [3.8, 4) is 0 Å². The summed E-state index contributed by atoms with van der Waals surface area (Å²) in [6.07, 6.45) is 0.726. The van der Waals surface area contributed by atoms with E-state index in [-0.39, 0.29) is 23.4 Å². The molecule has 0 bridgehead atoms. The maximum absolute atomic E-state index is 13.9. The van der Waals surface area contributed by atoms with Crippen LogP contribution in [0.3, 0.4) is 0 Å². The molecule has 0 aliphatic carbocycles. The predicted molar refractivity (Wildman–Crippen MR) is 157 cm³/mol. The van der Waals surface area contributed by atoms with Crippen molar-refractivity contribution in [2.75, 3.05) is 10.8 Å². The molecule has 0 fully saturated rings. The Morgan fingerprint density at radius 1 is 0.872 bits per heavy atom. The first-order valence-corrected chi connectivity index (χ1v) is 14.8. The molecule has 0 heterocycles. The molecule has 39 heavy (non-hydrogen) atoms. The number of carbonyl (C=O) groups is 2. The third kappa shape index (κ3) is 7.97. The van der Waals surface area contributed by atoms with E-state index in [1.54, 1.807) is 55.5 Å². The number of nitrogens with one attached hydrogen (secondary N) is 1. The average molecular weight is 591 g/mol. The Hall–Kier alpha value is -3.07. The molecule has 2 amide bonds. The molecule has 0 aliphatic rings. The molecule has 208 valence electrons. The van der Waals surface area contributed by atoms with Gasteiger partial charge in [-0.3, -0.25) is 13.9 Å². The van der Waals surface area contributed by atoms with E-state index in [9.17, 15) is 18.0 Å². The first-order valence-electron chi connectivity index (χ1n) is 12.6. The zero-order chi connectivity index (χ0) is 28.7. The minimum atomic E-state index is -4.15. The molecule has 3 aromatic carbocycles. The van der Waals surface area contributed by atoms with Gasteiger partial charge in [-0.2, -0.15) is 0 Å². The lowest BCUT2D eigenvalue weighted by Crippen LogP contribution is -2.52. The second kappa shape index (κ2) is 13.3. The first-order chi connectivity index (χ1) is 18.4. The Kier molecular flexibility index (Phi) is 10.4. The molecular formula is C29H33Cl2N3O4S. The number of nitrogens with zero attached hydrogens (tertiary/aromatic N) is 2. The van der Waals surface area contributed by atoms with Crippen molar-refractivity contribution in [1.29, 1.82) is 0 Å². The van der Waals surface area contributed by atoms with E-state index in [0.717, 1.165) is 21.9 Å². The van der Waals surface area contributed by atoms with E-state index in [4.69, 9.17) is 23.2 Å². The van der Waals surface area contributed by atoms with Gasteiger partial charge in [-0.25, -0.2) is 8.42 Å². The number of halogens is 2. The molecule has 2 atom stereocenters. The molecule has 0 aliphatic heterocycles. The standard InChI is InChI=1S/C29H33Cl2N3O4S/c1-5-21(3)32-29(36)22(4)33(18-23-8-10-24(30)11-9-23)28(35)19-34(26-14-6-20(2)7-15-26)39(37,38)27-16-12-25(31)13-17-27/h6-17,21-22H,5,18-19H2,1-4H3,(H,32,36)/t21-,22-/m1/s1. The predicted octanol–water partition coefficient (Wildman–Crippen LogP) is 5.83. The lowest BCUT2D eigenvalue weighted by molar-refractivity contribution is -0.139. The first kappa shape index (κ1) is 30.5. The molecular weight excluding hydrogens is 557 g/mol. The maximum Gasteiger partial charge on any atom is 0.264 e. The number of amides is 2. The van der Waals surface area contributed by atoms with Gasteiger partial charge in [-0.05, 0) is 81.3 Å². The molecule has 0 saturated carbocycles. The van der Waals surface area contributed by atoms with Gasteiger partial charge in [-0.1, -0.05) is 60.0 Å². The van der Waals surface area contributed by atoms with E-state index < -0.39 is 28.5 Å². The summed E-state index contributed by atoms with van der Waals surface area (Å²) in [6.45, 7) is 6.94. The van der Waals surface area contributed by atoms with Gasteiger partial charge in [0.25, 0.3) is 10.0 Å². The summed E-state index contributed by atoms with van der Waals surface area (Å²) in [4.78, 5) is 28.3. The molecule has 3 rings (SSSR count). The second-order valence-corrected chi connectivity index (χ2v) is 12.2. The van der Waals surface area contributed by atoms with Gasteiger partial charge >= 0.3 is 0 Å². The fraction of sp³-hybridized carbons (Fsp3) is 0.310. The van der Waals surface area contributed by atoms with Gasteiger partial charge in [0.1, 0.15) is 12.6 Å². The smallest absolute Gasteiger partial charge is 0.264 e. The van der Waals surface area contributed by atoms with E-state index in [1.165, 1.54) is 29.2 Å². The Morgan fingerprint density at radius 2 is 1.41 bits per heavy atom. The van der Waals surface area contributed by atoms with Crippen LogP contribution in [0.15, 0.2) is 77.7 Å². The fourth-order valence-corrected chi connectivity index (χ4v) is 5.47. The Bertz CT molecular complexity index is 1380. The second-order valence-electron chi connectivity index (χ2n) is 9.44. The topological polar surface area (TPSA) is 86.8 Å². The number of hydrogen-bond acceptors (Lipinski definition) is 4. The Balaban J connectivity index is 2.01. The number of carbonyl (C=O) groups excluding carboxylic acids is 2. The zero-order valence-corrected chi connectivity index (χ0v) is 24.7. The van der Waals surface area contributed by atoms with Gasteiger partial charge in [0.15, 0.2) is 0 Å². The normalized spacial score (nSPS) is 12.9. The number of rotatable bonds is 11. The number of anilines is 1. The van der Waals surface area contributed by atoms with E-state index in [0.29, 0.717) is 15.7 Å². The highest BCUT2D eigenvalue weighted by Crippen LogP contribution is 2.26. The van der Waals surface area contributed by atoms with Crippen LogP contribution in [0.4, 0.5) is 5.69 Å². The van der Waals surface area contributed by atoms with Gasteiger partial charge in [0, 0.05) is 22.6 Å². The summed E-state index contributed by atoms with van der Waals surface area (Å²) in [5, 5.41) is 3.85. The Morgan fingerprint density at radius 3 is 1.95 bits per heavy atom. The van der Waals surface area contributed by atoms with E-state index >= 15 is 0 Å². The van der Waals surface area contributed by atoms with E-state index in [1.807, 2.05) is 20.8 Å². The van der Waals surface area contributed by atoms with Crippen molar-refractivity contribution in [2.24, 2.45) is 0 Å². The van der Waals surface area contributed by atoms with E-state index in [2.05, 4.69) is 5.32 Å². The quantitative estimate of drug-likeness (QED) is 0.305. The largest absolute Gasteiger partial charge is 0.352 e. The fourth-order valence-electron chi connectivity index (χ4n) is 3.81. The number of aryl methyl sites for hydroxylation is 1. The molecule has 3 aromatic rings. The number of sulfonamides is 1. The molecule has 0 radical (unpaired) electrons. The van der Waals surface area contributed by atoms with Crippen LogP contribution < -0.4 is 9.62 Å². The van der Waals surface area contributed by atoms with Crippen molar-refractivity contribution in [2.45, 2.75) is 57.6 Å². The molecule has 7 nitrogen and oxygen atoms in total.